The highest BCUT2D eigenvalue weighted by molar-refractivity contribution is 7.89. The lowest BCUT2D eigenvalue weighted by molar-refractivity contribution is 0.0709. The van der Waals surface area contributed by atoms with Crippen LogP contribution in [0.5, 0.6) is 0 Å². The molecule has 1 fully saturated rings. The average molecular weight is 297 g/mol. The van der Waals surface area contributed by atoms with Crippen LogP contribution < -0.4 is 10.5 Å². The van der Waals surface area contributed by atoms with Gasteiger partial charge in [0.25, 0.3) is 5.91 Å². The smallest absolute Gasteiger partial charge is 0.253 e. The van der Waals surface area contributed by atoms with Crippen molar-refractivity contribution in [3.8, 4) is 0 Å². The van der Waals surface area contributed by atoms with Crippen LogP contribution in [0.4, 0.5) is 0 Å². The van der Waals surface area contributed by atoms with Crippen molar-refractivity contribution in [2.75, 3.05) is 19.6 Å². The number of carbonyl (C=O) groups is 1. The van der Waals surface area contributed by atoms with Gasteiger partial charge in [0.1, 0.15) is 0 Å². The number of amides is 1. The summed E-state index contributed by atoms with van der Waals surface area (Å²) in [5.41, 5.74) is 0.895. The molecule has 6 nitrogen and oxygen atoms in total. The van der Waals surface area contributed by atoms with E-state index in [2.05, 4.69) is 5.32 Å². The Morgan fingerprint density at radius 2 is 2.15 bits per heavy atom. The van der Waals surface area contributed by atoms with Gasteiger partial charge in [-0.1, -0.05) is 6.07 Å². The summed E-state index contributed by atoms with van der Waals surface area (Å²) in [4.78, 5) is 14.1. The van der Waals surface area contributed by atoms with E-state index in [9.17, 15) is 13.2 Å². The van der Waals surface area contributed by atoms with Crippen LogP contribution in [-0.4, -0.2) is 44.9 Å². The second-order valence-corrected chi connectivity index (χ2v) is 6.66. The minimum atomic E-state index is -3.81. The van der Waals surface area contributed by atoms with Gasteiger partial charge in [-0.3, -0.25) is 4.79 Å². The van der Waals surface area contributed by atoms with E-state index in [1.807, 2.05) is 6.92 Å². The Labute approximate surface area is 119 Å². The summed E-state index contributed by atoms with van der Waals surface area (Å²) in [6.45, 7) is 5.62. The Kier molecular flexibility index (Phi) is 4.12. The van der Waals surface area contributed by atoms with Crippen molar-refractivity contribution in [3.63, 3.8) is 0 Å². The zero-order valence-corrected chi connectivity index (χ0v) is 12.4. The molecule has 0 aliphatic carbocycles. The zero-order valence-electron chi connectivity index (χ0n) is 11.6. The topological polar surface area (TPSA) is 92.5 Å². The lowest BCUT2D eigenvalue weighted by Crippen LogP contribution is -2.51. The maximum atomic E-state index is 12.4. The molecule has 0 radical (unpaired) electrons. The number of nitrogens with two attached hydrogens (primary N) is 1. The predicted octanol–water partition coefficient (Wildman–Crippen LogP) is 0.0763. The summed E-state index contributed by atoms with van der Waals surface area (Å²) in [6, 6.07) is 4.84. The normalized spacial score (nSPS) is 19.9. The van der Waals surface area contributed by atoms with Crippen LogP contribution in [0.1, 0.15) is 22.8 Å². The number of aryl methyl sites for hydroxylation is 1. The molecule has 7 heteroatoms. The zero-order chi connectivity index (χ0) is 14.9. The van der Waals surface area contributed by atoms with Crippen molar-refractivity contribution in [3.05, 3.63) is 29.3 Å². The van der Waals surface area contributed by atoms with Crippen LogP contribution >= 0.6 is 0 Å². The molecular formula is C13H19N3O3S. The van der Waals surface area contributed by atoms with Gasteiger partial charge in [-0.05, 0) is 31.5 Å². The van der Waals surface area contributed by atoms with Crippen molar-refractivity contribution in [1.29, 1.82) is 0 Å². The molecule has 1 heterocycles. The monoisotopic (exact) mass is 297 g/mol. The third-order valence-corrected chi connectivity index (χ3v) is 4.45. The Balaban J connectivity index is 2.31. The molecule has 1 aromatic rings. The highest BCUT2D eigenvalue weighted by Gasteiger charge is 2.23. The van der Waals surface area contributed by atoms with E-state index >= 15 is 0 Å². The Morgan fingerprint density at radius 1 is 1.45 bits per heavy atom. The third kappa shape index (κ3) is 3.17. The first-order valence-electron chi connectivity index (χ1n) is 6.45. The molecular weight excluding hydrogens is 278 g/mol. The first-order valence-corrected chi connectivity index (χ1v) is 8.00. The molecule has 1 aliphatic heterocycles. The summed E-state index contributed by atoms with van der Waals surface area (Å²) in [7, 11) is -3.81. The molecule has 1 amide bonds. The molecule has 1 saturated heterocycles. The van der Waals surface area contributed by atoms with Crippen molar-refractivity contribution < 1.29 is 13.2 Å². The first kappa shape index (κ1) is 15.0. The van der Waals surface area contributed by atoms with Crippen LogP contribution in [0.15, 0.2) is 23.1 Å². The minimum absolute atomic E-state index is 0.00605. The quantitative estimate of drug-likeness (QED) is 0.808. The van der Waals surface area contributed by atoms with E-state index in [-0.39, 0.29) is 16.8 Å². The number of hydrogen-bond donors (Lipinski definition) is 2. The number of rotatable bonds is 2. The molecule has 0 bridgehead atoms. The summed E-state index contributed by atoms with van der Waals surface area (Å²) in [6.07, 6.45) is 0. The molecule has 0 saturated carbocycles. The standard InChI is InChI=1S/C13H19N3O3S/c1-9-3-4-11(7-12(9)20(14,18)19)13(17)16-6-5-15-10(2)8-16/h3-4,7,10,15H,5-6,8H2,1-2H3,(H2,14,18,19)/t10-/m1/s1. The summed E-state index contributed by atoms with van der Waals surface area (Å²) < 4.78 is 23.0. The predicted molar refractivity (Wildman–Crippen MR) is 75.9 cm³/mol. The van der Waals surface area contributed by atoms with Crippen LogP contribution in [0.2, 0.25) is 0 Å². The van der Waals surface area contributed by atoms with E-state index in [1.165, 1.54) is 6.07 Å². The molecule has 20 heavy (non-hydrogen) atoms. The van der Waals surface area contributed by atoms with Gasteiger partial charge >= 0.3 is 0 Å². The second-order valence-electron chi connectivity index (χ2n) is 5.13. The van der Waals surface area contributed by atoms with E-state index in [0.717, 1.165) is 6.54 Å². The fourth-order valence-electron chi connectivity index (χ4n) is 2.34. The maximum Gasteiger partial charge on any atom is 0.253 e. The fraction of sp³-hybridized carbons (Fsp3) is 0.462. The number of nitrogens with one attached hydrogen (secondary N) is 1. The highest BCUT2D eigenvalue weighted by Crippen LogP contribution is 2.17. The van der Waals surface area contributed by atoms with Gasteiger partial charge in [0.05, 0.1) is 4.90 Å². The minimum Gasteiger partial charge on any atom is -0.336 e. The largest absolute Gasteiger partial charge is 0.336 e. The second kappa shape index (κ2) is 5.51. The molecule has 2 rings (SSSR count). The van der Waals surface area contributed by atoms with Gasteiger partial charge in [-0.25, -0.2) is 13.6 Å². The number of primary sulfonamides is 1. The lowest BCUT2D eigenvalue weighted by Gasteiger charge is -2.32. The van der Waals surface area contributed by atoms with Gasteiger partial charge in [0.15, 0.2) is 0 Å². The summed E-state index contributed by atoms with van der Waals surface area (Å²) in [5, 5.41) is 8.42. The van der Waals surface area contributed by atoms with Crippen LogP contribution in [0.25, 0.3) is 0 Å². The molecule has 1 aliphatic rings. The van der Waals surface area contributed by atoms with E-state index in [4.69, 9.17) is 5.14 Å². The number of hydrogen-bond acceptors (Lipinski definition) is 4. The Morgan fingerprint density at radius 3 is 2.75 bits per heavy atom. The molecule has 1 atom stereocenters. The van der Waals surface area contributed by atoms with E-state index in [1.54, 1.807) is 24.0 Å². The van der Waals surface area contributed by atoms with Crippen molar-refractivity contribution in [1.82, 2.24) is 10.2 Å². The lowest BCUT2D eigenvalue weighted by atomic mass is 10.1. The SMILES string of the molecule is Cc1ccc(C(=O)N2CCN[C@H](C)C2)cc1S(N)(=O)=O. The molecule has 0 spiro atoms. The van der Waals surface area contributed by atoms with Gasteiger partial charge in [0.2, 0.25) is 10.0 Å². The van der Waals surface area contributed by atoms with Crippen molar-refractivity contribution >= 4 is 15.9 Å². The number of benzene rings is 1. The number of carbonyl (C=O) groups excluding carboxylic acids is 1. The molecule has 1 aromatic carbocycles. The van der Waals surface area contributed by atoms with Gasteiger partial charge in [-0.2, -0.15) is 0 Å². The number of piperazine rings is 1. The van der Waals surface area contributed by atoms with Gasteiger partial charge in [0, 0.05) is 31.2 Å². The number of nitrogens with zero attached hydrogens (tertiary/aromatic N) is 1. The molecule has 3 N–H and O–H groups in total. The van der Waals surface area contributed by atoms with Crippen molar-refractivity contribution in [2.24, 2.45) is 5.14 Å². The van der Waals surface area contributed by atoms with E-state index < -0.39 is 10.0 Å². The third-order valence-electron chi connectivity index (χ3n) is 3.40. The van der Waals surface area contributed by atoms with Gasteiger partial charge < -0.3 is 10.2 Å². The maximum absolute atomic E-state index is 12.4. The first-order chi connectivity index (χ1) is 9.29. The highest BCUT2D eigenvalue weighted by atomic mass is 32.2. The Bertz CT molecular complexity index is 628. The molecule has 0 unspecified atom stereocenters. The molecule has 0 aromatic heterocycles. The van der Waals surface area contributed by atoms with Gasteiger partial charge in [-0.15, -0.1) is 0 Å². The number of sulfonamides is 1. The van der Waals surface area contributed by atoms with E-state index in [0.29, 0.717) is 24.2 Å². The van der Waals surface area contributed by atoms with Crippen LogP contribution in [0.3, 0.4) is 0 Å². The summed E-state index contributed by atoms with van der Waals surface area (Å²) >= 11 is 0. The average Bonchev–Trinajstić information content (AvgIpc) is 2.37. The van der Waals surface area contributed by atoms with Crippen LogP contribution in [-0.2, 0) is 10.0 Å². The fourth-order valence-corrected chi connectivity index (χ4v) is 3.15. The van der Waals surface area contributed by atoms with Crippen LogP contribution in [0, 0.1) is 6.92 Å². The Hall–Kier alpha value is -1.44. The summed E-state index contributed by atoms with van der Waals surface area (Å²) in [5.74, 6) is -0.164. The van der Waals surface area contributed by atoms with Crippen molar-refractivity contribution in [2.45, 2.75) is 24.8 Å². The molecule has 110 valence electrons.